The fourth-order valence-electron chi connectivity index (χ4n) is 1.50. The number of carbonyl (C=O) groups is 2. The molecule has 2 atom stereocenters. The summed E-state index contributed by atoms with van der Waals surface area (Å²) in [7, 11) is 0. The number of carboxylic acids is 1. The molecule has 0 amide bonds. The van der Waals surface area contributed by atoms with E-state index in [9.17, 15) is 19.8 Å². The minimum Gasteiger partial charge on any atom is -0.478 e. The van der Waals surface area contributed by atoms with E-state index in [4.69, 9.17) is 16.7 Å². The van der Waals surface area contributed by atoms with E-state index in [-0.39, 0.29) is 22.8 Å². The Morgan fingerprint density at radius 2 is 2.00 bits per heavy atom. The zero-order chi connectivity index (χ0) is 14.6. The quantitative estimate of drug-likeness (QED) is 0.698. The van der Waals surface area contributed by atoms with Crippen molar-refractivity contribution in [1.29, 1.82) is 0 Å². The number of halogens is 1. The first kappa shape index (κ1) is 15.4. The molecule has 1 rings (SSSR count). The summed E-state index contributed by atoms with van der Waals surface area (Å²) in [5, 5.41) is 28.6. The molecule has 0 spiro atoms. The van der Waals surface area contributed by atoms with Crippen molar-refractivity contribution >= 4 is 23.5 Å². The maximum Gasteiger partial charge on any atom is 0.338 e. The number of carboxylic acid groups (broad SMARTS) is 1. The number of rotatable bonds is 5. The highest BCUT2D eigenvalue weighted by Crippen LogP contribution is 2.25. The molecular formula is C12H13ClO6. The molecule has 0 aromatic heterocycles. The van der Waals surface area contributed by atoms with Gasteiger partial charge in [0.25, 0.3) is 0 Å². The number of aromatic carboxylic acids is 1. The molecule has 0 saturated heterocycles. The molecule has 19 heavy (non-hydrogen) atoms. The summed E-state index contributed by atoms with van der Waals surface area (Å²) < 4.78 is 4.55. The van der Waals surface area contributed by atoms with Gasteiger partial charge < -0.3 is 20.1 Å². The predicted octanol–water partition coefficient (Wildman–Crippen LogP) is 0.996. The Labute approximate surface area is 114 Å². The number of carbonyl (C=O) groups excluding carboxylic acids is 1. The lowest BCUT2D eigenvalue weighted by Gasteiger charge is -2.18. The van der Waals surface area contributed by atoms with E-state index in [1.165, 1.54) is 12.1 Å². The number of aliphatic hydroxyl groups is 2. The van der Waals surface area contributed by atoms with Crippen LogP contribution in [0, 0.1) is 0 Å². The van der Waals surface area contributed by atoms with E-state index in [0.717, 1.165) is 6.07 Å². The Kier molecular flexibility index (Phi) is 5.29. The van der Waals surface area contributed by atoms with Crippen molar-refractivity contribution in [3.05, 3.63) is 34.3 Å². The van der Waals surface area contributed by atoms with E-state index >= 15 is 0 Å². The normalized spacial score (nSPS) is 13.7. The molecule has 0 aliphatic heterocycles. The molecular weight excluding hydrogens is 276 g/mol. The van der Waals surface area contributed by atoms with Crippen molar-refractivity contribution in [1.82, 2.24) is 0 Å². The number of aliphatic hydroxyl groups excluding tert-OH is 2. The minimum absolute atomic E-state index is 0.0367. The average molecular weight is 289 g/mol. The highest BCUT2D eigenvalue weighted by atomic mass is 35.5. The first-order valence-corrected chi connectivity index (χ1v) is 5.81. The summed E-state index contributed by atoms with van der Waals surface area (Å²) in [6, 6.07) is 3.71. The second kappa shape index (κ2) is 6.51. The van der Waals surface area contributed by atoms with Crippen LogP contribution in [-0.2, 0) is 9.53 Å². The molecule has 0 bridgehead atoms. The van der Waals surface area contributed by atoms with Crippen molar-refractivity contribution in [2.24, 2.45) is 0 Å². The summed E-state index contributed by atoms with van der Waals surface area (Å²) >= 11 is 5.66. The van der Waals surface area contributed by atoms with E-state index < -0.39 is 24.1 Å². The first-order valence-electron chi connectivity index (χ1n) is 5.44. The maximum atomic E-state index is 11.3. The highest BCUT2D eigenvalue weighted by Gasteiger charge is 2.30. The van der Waals surface area contributed by atoms with Crippen LogP contribution in [0.15, 0.2) is 18.2 Å². The second-order valence-electron chi connectivity index (χ2n) is 3.68. The topological polar surface area (TPSA) is 104 Å². The first-order chi connectivity index (χ1) is 8.88. The molecule has 7 heteroatoms. The van der Waals surface area contributed by atoms with Gasteiger partial charge in [-0.3, -0.25) is 0 Å². The average Bonchev–Trinajstić information content (AvgIpc) is 2.37. The van der Waals surface area contributed by atoms with Crippen LogP contribution in [0.4, 0.5) is 0 Å². The van der Waals surface area contributed by atoms with Crippen molar-refractivity contribution in [3.63, 3.8) is 0 Å². The summed E-state index contributed by atoms with van der Waals surface area (Å²) in [4.78, 5) is 22.3. The summed E-state index contributed by atoms with van der Waals surface area (Å²) in [5.74, 6) is -2.35. The Bertz CT molecular complexity index is 487. The molecule has 6 nitrogen and oxygen atoms in total. The van der Waals surface area contributed by atoms with Crippen molar-refractivity contribution in [2.45, 2.75) is 19.1 Å². The number of ether oxygens (including phenoxy) is 1. The van der Waals surface area contributed by atoms with Crippen LogP contribution in [0.25, 0.3) is 0 Å². The van der Waals surface area contributed by atoms with E-state index in [2.05, 4.69) is 4.74 Å². The number of benzene rings is 1. The van der Waals surface area contributed by atoms with E-state index in [1.807, 2.05) is 0 Å². The zero-order valence-corrected chi connectivity index (χ0v) is 10.8. The fourth-order valence-corrected chi connectivity index (χ4v) is 1.67. The number of hydrogen-bond donors (Lipinski definition) is 3. The Hall–Kier alpha value is -1.63. The Morgan fingerprint density at radius 3 is 2.53 bits per heavy atom. The van der Waals surface area contributed by atoms with Gasteiger partial charge in [-0.05, 0) is 24.6 Å². The van der Waals surface area contributed by atoms with Crippen LogP contribution in [0.2, 0.25) is 5.02 Å². The lowest BCUT2D eigenvalue weighted by Crippen LogP contribution is -2.30. The number of esters is 1. The largest absolute Gasteiger partial charge is 0.478 e. The van der Waals surface area contributed by atoms with Gasteiger partial charge in [-0.15, -0.1) is 0 Å². The Morgan fingerprint density at radius 1 is 1.37 bits per heavy atom. The predicted molar refractivity (Wildman–Crippen MR) is 66.0 cm³/mol. The second-order valence-corrected chi connectivity index (χ2v) is 4.11. The van der Waals surface area contributed by atoms with Crippen LogP contribution in [-0.4, -0.2) is 40.0 Å². The molecule has 0 radical (unpaired) electrons. The van der Waals surface area contributed by atoms with Crippen LogP contribution >= 0.6 is 11.6 Å². The van der Waals surface area contributed by atoms with E-state index in [0.29, 0.717) is 0 Å². The van der Waals surface area contributed by atoms with Crippen molar-refractivity contribution in [2.75, 3.05) is 6.61 Å². The van der Waals surface area contributed by atoms with Gasteiger partial charge in [-0.2, -0.15) is 0 Å². The fraction of sp³-hybridized carbons (Fsp3) is 0.333. The SMILES string of the molecule is CCOC(=O)C(O)C(O)c1ccc(Cl)cc1C(=O)O. The van der Waals surface area contributed by atoms with Gasteiger partial charge in [0, 0.05) is 5.02 Å². The third-order valence-corrected chi connectivity index (χ3v) is 2.63. The van der Waals surface area contributed by atoms with Gasteiger partial charge >= 0.3 is 11.9 Å². The third kappa shape index (κ3) is 3.66. The molecule has 1 aromatic carbocycles. The van der Waals surface area contributed by atoms with Crippen LogP contribution in [0.1, 0.15) is 28.9 Å². The molecule has 3 N–H and O–H groups in total. The molecule has 1 aromatic rings. The minimum atomic E-state index is -1.86. The summed E-state index contributed by atoms with van der Waals surface area (Å²) in [5.41, 5.74) is -0.402. The molecule has 2 unspecified atom stereocenters. The summed E-state index contributed by atoms with van der Waals surface area (Å²) in [6.07, 6.45) is -3.57. The van der Waals surface area contributed by atoms with Crippen LogP contribution in [0.5, 0.6) is 0 Å². The maximum absolute atomic E-state index is 11.3. The van der Waals surface area contributed by atoms with Crippen LogP contribution < -0.4 is 0 Å². The third-order valence-electron chi connectivity index (χ3n) is 2.39. The van der Waals surface area contributed by atoms with Crippen molar-refractivity contribution in [3.8, 4) is 0 Å². The lowest BCUT2D eigenvalue weighted by molar-refractivity contribution is -0.159. The summed E-state index contributed by atoms with van der Waals surface area (Å²) in [6.45, 7) is 1.58. The van der Waals surface area contributed by atoms with Gasteiger partial charge in [-0.25, -0.2) is 9.59 Å². The molecule has 0 aliphatic rings. The van der Waals surface area contributed by atoms with Gasteiger partial charge in [0.05, 0.1) is 12.2 Å². The smallest absolute Gasteiger partial charge is 0.338 e. The standard InChI is InChI=1S/C12H13ClO6/c1-2-19-12(18)10(15)9(14)7-4-3-6(13)5-8(7)11(16)17/h3-5,9-10,14-15H,2H2,1H3,(H,16,17). The monoisotopic (exact) mass is 288 g/mol. The lowest BCUT2D eigenvalue weighted by atomic mass is 9.98. The van der Waals surface area contributed by atoms with E-state index in [1.54, 1.807) is 6.92 Å². The van der Waals surface area contributed by atoms with Gasteiger partial charge in [-0.1, -0.05) is 17.7 Å². The molecule has 0 saturated carbocycles. The number of hydrogen-bond acceptors (Lipinski definition) is 5. The Balaban J connectivity index is 3.08. The van der Waals surface area contributed by atoms with Crippen LogP contribution in [0.3, 0.4) is 0 Å². The molecule has 0 fully saturated rings. The van der Waals surface area contributed by atoms with Gasteiger partial charge in [0.2, 0.25) is 0 Å². The highest BCUT2D eigenvalue weighted by molar-refractivity contribution is 6.31. The molecule has 104 valence electrons. The molecule has 0 aliphatic carbocycles. The van der Waals surface area contributed by atoms with Gasteiger partial charge in [0.15, 0.2) is 6.10 Å². The van der Waals surface area contributed by atoms with Gasteiger partial charge in [0.1, 0.15) is 6.10 Å². The molecule has 0 heterocycles. The van der Waals surface area contributed by atoms with Crippen molar-refractivity contribution < 1.29 is 29.6 Å². The zero-order valence-electron chi connectivity index (χ0n) is 10.0.